The molecule has 0 radical (unpaired) electrons. The van der Waals surface area contributed by atoms with Gasteiger partial charge in [-0.3, -0.25) is 0 Å². The Morgan fingerprint density at radius 2 is 0.963 bits per heavy atom. The number of ether oxygens (including phenoxy) is 2. The SMILES string of the molecule is CC.CCCCC/C=C\C/C=C\CCCCCCCCC1(CCCCCCCC/C=C\C/C=C\CCCCC)OCC(CCN(C)CCCCCNC)O1. The first-order chi connectivity index (χ1) is 26.7. The average Bonchev–Trinajstić information content (AvgIpc) is 3.60. The highest BCUT2D eigenvalue weighted by atomic mass is 16.7. The van der Waals surface area contributed by atoms with Crippen LogP contribution < -0.4 is 5.32 Å². The molecule has 1 aliphatic rings. The second-order valence-electron chi connectivity index (χ2n) is 15.9. The fourth-order valence-electron chi connectivity index (χ4n) is 7.25. The third-order valence-electron chi connectivity index (χ3n) is 10.7. The minimum absolute atomic E-state index is 0.251. The molecule has 1 heterocycles. The number of nitrogens with zero attached hydrogens (tertiary/aromatic N) is 1. The third kappa shape index (κ3) is 35.2. The smallest absolute Gasteiger partial charge is 0.168 e. The zero-order chi connectivity index (χ0) is 39.5. The summed E-state index contributed by atoms with van der Waals surface area (Å²) in [6.07, 6.45) is 57.2. The Morgan fingerprint density at radius 3 is 1.43 bits per heavy atom. The normalized spacial score (nSPS) is 15.9. The Hall–Kier alpha value is -1.20. The van der Waals surface area contributed by atoms with E-state index in [0.29, 0.717) is 0 Å². The highest BCUT2D eigenvalue weighted by Crippen LogP contribution is 2.35. The standard InChI is InChI=1S/C48H90N2O2.C2H6/c1-5-7-9-11-13-15-17-19-21-23-25-27-29-31-33-36-41-48(51-46-47(52-48)40-45-50(4)44-39-35-38-43-49-3)42-37-34-32-30-28-26-24-22-20-18-16-14-12-10-8-6-2;1-2/h13-16,19-22,47,49H,5-12,17-18,23-46H2,1-4H3;1-2H3/b15-13-,16-14-,21-19-,22-20-;. The van der Waals surface area contributed by atoms with Crippen LogP contribution in [0.3, 0.4) is 0 Å². The summed E-state index contributed by atoms with van der Waals surface area (Å²) in [7, 11) is 4.32. The van der Waals surface area contributed by atoms with E-state index >= 15 is 0 Å². The first kappa shape index (κ1) is 52.8. The van der Waals surface area contributed by atoms with Crippen molar-refractivity contribution in [3.8, 4) is 0 Å². The lowest BCUT2D eigenvalue weighted by Gasteiger charge is -2.29. The molecule has 318 valence electrons. The molecule has 4 nitrogen and oxygen atoms in total. The van der Waals surface area contributed by atoms with E-state index in [0.717, 1.165) is 51.8 Å². The maximum Gasteiger partial charge on any atom is 0.168 e. The first-order valence-electron chi connectivity index (χ1n) is 23.9. The van der Waals surface area contributed by atoms with Gasteiger partial charge >= 0.3 is 0 Å². The molecule has 0 aromatic rings. The van der Waals surface area contributed by atoms with Gasteiger partial charge in [-0.05, 0) is 123 Å². The van der Waals surface area contributed by atoms with Crippen molar-refractivity contribution in [2.75, 3.05) is 40.3 Å². The summed E-state index contributed by atoms with van der Waals surface area (Å²) >= 11 is 0. The van der Waals surface area contributed by atoms with Crippen molar-refractivity contribution in [3.05, 3.63) is 48.6 Å². The van der Waals surface area contributed by atoms with E-state index < -0.39 is 0 Å². The molecule has 0 bridgehead atoms. The van der Waals surface area contributed by atoms with Gasteiger partial charge in [-0.25, -0.2) is 0 Å². The van der Waals surface area contributed by atoms with Crippen LogP contribution in [0.25, 0.3) is 0 Å². The van der Waals surface area contributed by atoms with Crippen LogP contribution in [-0.2, 0) is 9.47 Å². The van der Waals surface area contributed by atoms with Gasteiger partial charge in [0, 0.05) is 19.4 Å². The molecular weight excluding hydrogens is 661 g/mol. The van der Waals surface area contributed by atoms with E-state index in [4.69, 9.17) is 9.47 Å². The fourth-order valence-corrected chi connectivity index (χ4v) is 7.25. The maximum absolute atomic E-state index is 6.82. The first-order valence-corrected chi connectivity index (χ1v) is 23.9. The molecule has 1 saturated heterocycles. The summed E-state index contributed by atoms with van der Waals surface area (Å²) in [6, 6.07) is 0. The summed E-state index contributed by atoms with van der Waals surface area (Å²) in [5.74, 6) is -0.332. The molecule has 0 aromatic heterocycles. The monoisotopic (exact) mass is 757 g/mol. The molecule has 54 heavy (non-hydrogen) atoms. The molecule has 4 heteroatoms. The quantitative estimate of drug-likeness (QED) is 0.0500. The molecule has 1 atom stereocenters. The molecule has 0 aliphatic carbocycles. The molecule has 0 aromatic carbocycles. The van der Waals surface area contributed by atoms with Crippen LogP contribution in [0.2, 0.25) is 0 Å². The lowest BCUT2D eigenvalue weighted by molar-refractivity contribution is -0.180. The minimum Gasteiger partial charge on any atom is -0.347 e. The van der Waals surface area contributed by atoms with Crippen LogP contribution in [-0.4, -0.2) is 57.1 Å². The molecular formula is C50H96N2O2. The van der Waals surface area contributed by atoms with Gasteiger partial charge in [-0.2, -0.15) is 0 Å². The van der Waals surface area contributed by atoms with Crippen LogP contribution in [0.4, 0.5) is 0 Å². The number of hydrogen-bond donors (Lipinski definition) is 1. The maximum atomic E-state index is 6.82. The van der Waals surface area contributed by atoms with Crippen molar-refractivity contribution in [3.63, 3.8) is 0 Å². The number of hydrogen-bond acceptors (Lipinski definition) is 4. The summed E-state index contributed by atoms with van der Waals surface area (Å²) in [5.41, 5.74) is 0. The largest absolute Gasteiger partial charge is 0.347 e. The van der Waals surface area contributed by atoms with E-state index in [9.17, 15) is 0 Å². The zero-order valence-corrected chi connectivity index (χ0v) is 37.5. The van der Waals surface area contributed by atoms with Crippen molar-refractivity contribution in [1.82, 2.24) is 10.2 Å². The van der Waals surface area contributed by atoms with Crippen LogP contribution in [0.1, 0.15) is 220 Å². The highest BCUT2D eigenvalue weighted by Gasteiger charge is 2.40. The fraction of sp³-hybridized carbons (Fsp3) is 0.840. The number of nitrogens with one attached hydrogen (secondary N) is 1. The summed E-state index contributed by atoms with van der Waals surface area (Å²) < 4.78 is 13.4. The van der Waals surface area contributed by atoms with Crippen LogP contribution in [0, 0.1) is 0 Å². The molecule has 0 amide bonds. The molecule has 1 unspecified atom stereocenters. The number of unbranched alkanes of at least 4 members (excludes halogenated alkanes) is 20. The summed E-state index contributed by atoms with van der Waals surface area (Å²) in [5, 5.41) is 3.26. The molecule has 0 saturated carbocycles. The third-order valence-corrected chi connectivity index (χ3v) is 10.7. The van der Waals surface area contributed by atoms with E-state index in [1.807, 2.05) is 20.9 Å². The molecule has 1 N–H and O–H groups in total. The Labute approximate surface area is 339 Å². The van der Waals surface area contributed by atoms with Crippen molar-refractivity contribution < 1.29 is 9.47 Å². The van der Waals surface area contributed by atoms with Gasteiger partial charge in [0.15, 0.2) is 5.79 Å². The Kier molecular flexibility index (Phi) is 42.0. The second-order valence-corrected chi connectivity index (χ2v) is 15.9. The molecule has 1 fully saturated rings. The summed E-state index contributed by atoms with van der Waals surface area (Å²) in [6.45, 7) is 12.7. The van der Waals surface area contributed by atoms with E-state index in [2.05, 4.69) is 79.7 Å². The topological polar surface area (TPSA) is 33.7 Å². The zero-order valence-electron chi connectivity index (χ0n) is 37.5. The second kappa shape index (κ2) is 42.9. The van der Waals surface area contributed by atoms with E-state index in [1.54, 1.807) is 0 Å². The van der Waals surface area contributed by atoms with Gasteiger partial charge in [-0.1, -0.05) is 160 Å². The molecule has 0 spiro atoms. The van der Waals surface area contributed by atoms with Crippen molar-refractivity contribution in [2.24, 2.45) is 0 Å². The Balaban J connectivity index is 0.0000138. The summed E-state index contributed by atoms with van der Waals surface area (Å²) in [4.78, 5) is 2.49. The predicted octanol–water partition coefficient (Wildman–Crippen LogP) is 15.2. The van der Waals surface area contributed by atoms with Crippen LogP contribution >= 0.6 is 0 Å². The van der Waals surface area contributed by atoms with Crippen LogP contribution in [0.5, 0.6) is 0 Å². The van der Waals surface area contributed by atoms with Gasteiger partial charge in [0.05, 0.1) is 12.7 Å². The van der Waals surface area contributed by atoms with Gasteiger partial charge < -0.3 is 19.7 Å². The van der Waals surface area contributed by atoms with E-state index in [1.165, 1.54) is 167 Å². The number of rotatable bonds is 39. The number of allylic oxidation sites excluding steroid dienone is 8. The molecule has 1 aliphatic heterocycles. The average molecular weight is 757 g/mol. The van der Waals surface area contributed by atoms with Crippen molar-refractivity contribution >= 4 is 0 Å². The lowest BCUT2D eigenvalue weighted by Crippen LogP contribution is -2.32. The van der Waals surface area contributed by atoms with Gasteiger partial charge in [0.1, 0.15) is 0 Å². The van der Waals surface area contributed by atoms with Gasteiger partial charge in [0.2, 0.25) is 0 Å². The van der Waals surface area contributed by atoms with Gasteiger partial charge in [-0.15, -0.1) is 0 Å². The van der Waals surface area contributed by atoms with Gasteiger partial charge in [0.25, 0.3) is 0 Å². The lowest BCUT2D eigenvalue weighted by atomic mass is 9.98. The highest BCUT2D eigenvalue weighted by molar-refractivity contribution is 4.93. The predicted molar refractivity (Wildman–Crippen MR) is 243 cm³/mol. The Bertz CT molecular complexity index is 802. The Morgan fingerprint density at radius 1 is 0.537 bits per heavy atom. The van der Waals surface area contributed by atoms with E-state index in [-0.39, 0.29) is 11.9 Å². The molecule has 1 rings (SSSR count). The van der Waals surface area contributed by atoms with Crippen LogP contribution in [0.15, 0.2) is 48.6 Å². The van der Waals surface area contributed by atoms with Crippen molar-refractivity contribution in [2.45, 2.75) is 232 Å². The van der Waals surface area contributed by atoms with Crippen molar-refractivity contribution in [1.29, 1.82) is 0 Å². The minimum atomic E-state index is -0.332.